The molecule has 0 aliphatic carbocycles. The average Bonchev–Trinajstić information content (AvgIpc) is 0.867. The first kappa shape index (κ1) is 73.9. The van der Waals surface area contributed by atoms with E-state index in [0.29, 0.717) is 32.1 Å². The van der Waals surface area contributed by atoms with Gasteiger partial charge in [0.1, 0.15) is 92.1 Å². The van der Waals surface area contributed by atoms with Crippen molar-refractivity contribution in [3.8, 4) is 0 Å². The minimum absolute atomic E-state index is 0.0793. The smallest absolute Gasteiger partial charge is 0.333 e. The molecule has 6 aliphatic heterocycles. The van der Waals surface area contributed by atoms with Crippen molar-refractivity contribution in [3.63, 3.8) is 0 Å². The minimum atomic E-state index is -2.08. The Kier molecular flexibility index (Phi) is 29.6. The first-order valence-corrected chi connectivity index (χ1v) is 31.9. The Morgan fingerprint density at radius 2 is 1.11 bits per heavy atom. The van der Waals surface area contributed by atoms with Crippen molar-refractivity contribution in [1.29, 1.82) is 0 Å². The molecule has 28 unspecified atom stereocenters. The van der Waals surface area contributed by atoms with Crippen molar-refractivity contribution in [2.24, 2.45) is 11.8 Å². The van der Waals surface area contributed by atoms with Gasteiger partial charge in [-0.2, -0.15) is 0 Å². The van der Waals surface area contributed by atoms with Crippen LogP contribution in [0.1, 0.15) is 166 Å². The van der Waals surface area contributed by atoms with Crippen LogP contribution in [0.15, 0.2) is 11.6 Å². The molecule has 27 heteroatoms. The van der Waals surface area contributed by atoms with Gasteiger partial charge in [0.15, 0.2) is 49.8 Å². The number of carbonyl (C=O) groups is 4. The van der Waals surface area contributed by atoms with Gasteiger partial charge in [-0.3, -0.25) is 14.4 Å². The Labute approximate surface area is 515 Å². The van der Waals surface area contributed by atoms with E-state index in [0.717, 1.165) is 51.4 Å². The van der Waals surface area contributed by atoms with Crippen LogP contribution < -0.4 is 0 Å². The molecule has 0 radical (unpaired) electrons. The lowest BCUT2D eigenvalue weighted by molar-refractivity contribution is -0.400. The molecule has 0 saturated carbocycles. The Morgan fingerprint density at radius 3 is 1.76 bits per heavy atom. The largest absolute Gasteiger partial charge is 0.463 e. The molecule has 0 bridgehead atoms. The molecule has 0 aromatic carbocycles. The van der Waals surface area contributed by atoms with Gasteiger partial charge in [-0.1, -0.05) is 98.5 Å². The molecule has 27 nitrogen and oxygen atoms in total. The van der Waals surface area contributed by atoms with Crippen molar-refractivity contribution >= 4 is 23.9 Å². The van der Waals surface area contributed by atoms with E-state index in [2.05, 4.69) is 0 Å². The van der Waals surface area contributed by atoms with Crippen LogP contribution >= 0.6 is 0 Å². The lowest BCUT2D eigenvalue weighted by Crippen LogP contribution is -2.68. The topological polar surface area (TPSA) is 380 Å². The Balaban J connectivity index is 1.39. The van der Waals surface area contributed by atoms with E-state index in [4.69, 9.17) is 66.3 Å². The van der Waals surface area contributed by atoms with Gasteiger partial charge in [-0.05, 0) is 66.7 Å². The molecule has 6 saturated heterocycles. The van der Waals surface area contributed by atoms with Gasteiger partial charge in [-0.25, -0.2) is 4.79 Å². The zero-order chi connectivity index (χ0) is 64.7. The summed E-state index contributed by atoms with van der Waals surface area (Å²) in [4.78, 5) is 53.8. The fourth-order valence-electron chi connectivity index (χ4n) is 11.4. The molecule has 0 spiro atoms. The van der Waals surface area contributed by atoms with Crippen molar-refractivity contribution in [3.05, 3.63) is 11.6 Å². The van der Waals surface area contributed by atoms with Crippen LogP contribution in [0.3, 0.4) is 0 Å². The summed E-state index contributed by atoms with van der Waals surface area (Å²) in [5.41, 5.74) is 0.210. The van der Waals surface area contributed by atoms with E-state index in [1.807, 2.05) is 6.92 Å². The van der Waals surface area contributed by atoms with Crippen LogP contribution in [0.4, 0.5) is 0 Å². The molecule has 0 aromatic rings. The summed E-state index contributed by atoms with van der Waals surface area (Å²) in [5.74, 6) is -4.43. The van der Waals surface area contributed by atoms with Crippen LogP contribution in [-0.4, -0.2) is 243 Å². The molecule has 9 N–H and O–H groups in total. The standard InChI is InChI=1S/C61H102O27/c1-11-15-24-35-25-22-20-18-16-17-19-21-23-26-38(63)82-51-46(71)48(33(9)77-59(51)87-50-42(67)39(64)36(27-62)80-60(50)79-35)85-61-53(84-56(74)31(7)14-4)52(88-58-44(69)41(66)40(65)37(81-58)28-75-54(72)29(5)12-2)49(34(10)78-61)86-57-45(70)43(68)47(32(8)76-57)83-55(73)30(6)13-3/h13,29,31-37,39-53,57-62,64-71H,11-12,14-28H2,1-10H3. The quantitative estimate of drug-likeness (QED) is 0.0507. The number of aliphatic hydroxyl groups excluding tert-OH is 9. The lowest BCUT2D eigenvalue weighted by Gasteiger charge is -2.51. The second-order valence-electron chi connectivity index (χ2n) is 24.4. The molecule has 0 aromatic heterocycles. The molecule has 0 amide bonds. The molecule has 508 valence electrons. The van der Waals surface area contributed by atoms with Crippen LogP contribution in [0.25, 0.3) is 0 Å². The SMILES string of the molecule is CC=C(C)C(=O)OC1C(C)OC(OC2C(C)OC(OC3C(C)OC4OC5C(OC(CCCC)CCCCCCCCCCC(=O)OC4C3O)OC(CO)C(O)C5O)C(OC(=O)C(C)CC)C2OC2OC(COC(=O)C(C)CC)C(O)C(O)C2O)C(O)C1O. The maximum Gasteiger partial charge on any atom is 0.333 e. The molecular formula is C61H102O27. The molecular weight excluding hydrogens is 1160 g/mol. The van der Waals surface area contributed by atoms with E-state index in [1.165, 1.54) is 33.8 Å². The third-order valence-corrected chi connectivity index (χ3v) is 17.7. The Morgan fingerprint density at radius 1 is 0.557 bits per heavy atom. The summed E-state index contributed by atoms with van der Waals surface area (Å²) in [6.07, 6.45) is -30.7. The summed E-state index contributed by atoms with van der Waals surface area (Å²) >= 11 is 0. The van der Waals surface area contributed by atoms with Crippen molar-refractivity contribution in [1.82, 2.24) is 0 Å². The summed E-state index contributed by atoms with van der Waals surface area (Å²) in [6.45, 7) is 14.9. The van der Waals surface area contributed by atoms with Gasteiger partial charge in [0.2, 0.25) is 0 Å². The van der Waals surface area contributed by atoms with Gasteiger partial charge in [0.25, 0.3) is 0 Å². The summed E-state index contributed by atoms with van der Waals surface area (Å²) < 4.78 is 87.2. The molecule has 88 heavy (non-hydrogen) atoms. The fourth-order valence-corrected chi connectivity index (χ4v) is 11.4. The van der Waals surface area contributed by atoms with E-state index < -0.39 is 209 Å². The maximum atomic E-state index is 14.2. The zero-order valence-electron chi connectivity index (χ0n) is 52.6. The second kappa shape index (κ2) is 35.2. The molecule has 6 rings (SSSR count). The number of unbranched alkanes of at least 4 members (excludes halogenated alkanes) is 1. The zero-order valence-corrected chi connectivity index (χ0v) is 52.6. The highest BCUT2D eigenvalue weighted by Crippen LogP contribution is 2.40. The van der Waals surface area contributed by atoms with Crippen LogP contribution in [0.2, 0.25) is 0 Å². The predicted molar refractivity (Wildman–Crippen MR) is 304 cm³/mol. The highest BCUT2D eigenvalue weighted by atomic mass is 16.8. The first-order chi connectivity index (χ1) is 41.9. The van der Waals surface area contributed by atoms with Gasteiger partial charge in [0, 0.05) is 12.0 Å². The fraction of sp³-hybridized carbons (Fsp3) is 0.902. The number of aliphatic hydroxyl groups is 9. The van der Waals surface area contributed by atoms with Gasteiger partial charge in [0.05, 0.1) is 42.9 Å². The van der Waals surface area contributed by atoms with E-state index in [-0.39, 0.29) is 18.4 Å². The van der Waals surface area contributed by atoms with Gasteiger partial charge < -0.3 is 112 Å². The lowest BCUT2D eigenvalue weighted by atomic mass is 9.95. The maximum absolute atomic E-state index is 14.2. The van der Waals surface area contributed by atoms with Crippen molar-refractivity contribution in [2.75, 3.05) is 13.2 Å². The van der Waals surface area contributed by atoms with Crippen LogP contribution in [0.5, 0.6) is 0 Å². The van der Waals surface area contributed by atoms with E-state index in [9.17, 15) is 65.1 Å². The summed E-state index contributed by atoms with van der Waals surface area (Å²) in [6, 6.07) is 0. The Hall–Kier alpha value is -3.14. The minimum Gasteiger partial charge on any atom is -0.463 e. The second-order valence-corrected chi connectivity index (χ2v) is 24.4. The molecule has 6 aliphatic rings. The Bertz CT molecular complexity index is 2170. The number of rotatable bonds is 19. The predicted octanol–water partition coefficient (Wildman–Crippen LogP) is 1.92. The first-order valence-electron chi connectivity index (χ1n) is 31.9. The normalized spacial score (nSPS) is 41.9. The van der Waals surface area contributed by atoms with Crippen LogP contribution in [-0.2, 0) is 85.5 Å². The highest BCUT2D eigenvalue weighted by molar-refractivity contribution is 5.87. The van der Waals surface area contributed by atoms with Gasteiger partial charge in [-0.15, -0.1) is 0 Å². The monoisotopic (exact) mass is 1270 g/mol. The molecule has 28 atom stereocenters. The third-order valence-electron chi connectivity index (χ3n) is 17.7. The summed E-state index contributed by atoms with van der Waals surface area (Å²) in [5, 5.41) is 103. The highest BCUT2D eigenvalue weighted by Gasteiger charge is 2.59. The van der Waals surface area contributed by atoms with Crippen molar-refractivity contribution in [2.45, 2.75) is 325 Å². The van der Waals surface area contributed by atoms with Crippen molar-refractivity contribution < 1.29 is 131 Å². The average molecular weight is 1270 g/mol. The van der Waals surface area contributed by atoms with E-state index in [1.54, 1.807) is 34.6 Å². The number of allylic oxidation sites excluding steroid dienone is 1. The number of esters is 4. The number of fused-ring (bicyclic) bond motifs is 2. The summed E-state index contributed by atoms with van der Waals surface area (Å²) in [7, 11) is 0. The molecule has 6 fully saturated rings. The van der Waals surface area contributed by atoms with Gasteiger partial charge >= 0.3 is 23.9 Å². The van der Waals surface area contributed by atoms with Crippen LogP contribution in [0, 0.1) is 11.8 Å². The number of carbonyl (C=O) groups excluding carboxylic acids is 4. The number of ether oxygens (including phenoxy) is 14. The molecule has 6 heterocycles. The third kappa shape index (κ3) is 19.0. The number of hydrogen-bond acceptors (Lipinski definition) is 27. The number of hydrogen-bond donors (Lipinski definition) is 9. The van der Waals surface area contributed by atoms with E-state index >= 15 is 0 Å².